The molecule has 1 amide bonds. The van der Waals surface area contributed by atoms with E-state index in [1.807, 2.05) is 20.8 Å². The van der Waals surface area contributed by atoms with Crippen molar-refractivity contribution in [2.45, 2.75) is 46.3 Å². The number of rotatable bonds is 2. The molecule has 0 saturated carbocycles. The highest BCUT2D eigenvalue weighted by atomic mass is 79.9. The predicted molar refractivity (Wildman–Crippen MR) is 110 cm³/mol. The summed E-state index contributed by atoms with van der Waals surface area (Å²) in [4.78, 5) is 16.3. The molecule has 3 rings (SSSR count). The van der Waals surface area contributed by atoms with E-state index >= 15 is 0 Å². The van der Waals surface area contributed by atoms with E-state index in [9.17, 15) is 4.79 Å². The van der Waals surface area contributed by atoms with E-state index < -0.39 is 5.60 Å². The Morgan fingerprint density at radius 1 is 1.15 bits per heavy atom. The Morgan fingerprint density at radius 2 is 1.81 bits per heavy atom. The maximum absolute atomic E-state index is 12.2. The number of hydrogen-bond acceptors (Lipinski definition) is 3. The Balaban J connectivity index is 1.72. The van der Waals surface area contributed by atoms with Gasteiger partial charge in [0, 0.05) is 59.5 Å². The SMILES string of the molecule is CC(C)n1cc(Br)c2cc(N3CCN(C(=O)OC(C)(C)C)CC3)ccc21. The summed E-state index contributed by atoms with van der Waals surface area (Å²) < 4.78 is 8.88. The van der Waals surface area contributed by atoms with E-state index in [4.69, 9.17) is 4.74 Å². The van der Waals surface area contributed by atoms with Gasteiger partial charge in [0.1, 0.15) is 5.60 Å². The fraction of sp³-hybridized carbons (Fsp3) is 0.550. The molecule has 0 radical (unpaired) electrons. The molecule has 1 aromatic heterocycles. The topological polar surface area (TPSA) is 37.7 Å². The van der Waals surface area contributed by atoms with Crippen LogP contribution in [-0.4, -0.2) is 47.3 Å². The summed E-state index contributed by atoms with van der Waals surface area (Å²) >= 11 is 3.69. The zero-order chi connectivity index (χ0) is 19.1. The summed E-state index contributed by atoms with van der Waals surface area (Å²) in [5.74, 6) is 0. The van der Waals surface area contributed by atoms with E-state index in [0.29, 0.717) is 19.1 Å². The fourth-order valence-electron chi connectivity index (χ4n) is 3.30. The largest absolute Gasteiger partial charge is 0.444 e. The first-order valence-electron chi connectivity index (χ1n) is 9.18. The molecular formula is C20H28BrN3O2. The second-order valence-electron chi connectivity index (χ2n) is 8.13. The Kier molecular flexibility index (Phi) is 5.24. The first kappa shape index (κ1) is 19.1. The molecule has 0 atom stereocenters. The van der Waals surface area contributed by atoms with Gasteiger partial charge in [-0.3, -0.25) is 0 Å². The van der Waals surface area contributed by atoms with Crippen molar-refractivity contribution in [1.29, 1.82) is 0 Å². The summed E-state index contributed by atoms with van der Waals surface area (Å²) in [6.45, 7) is 13.1. The van der Waals surface area contributed by atoms with Gasteiger partial charge in [0.05, 0.1) is 0 Å². The molecule has 6 heteroatoms. The first-order chi connectivity index (χ1) is 12.2. The molecule has 0 N–H and O–H groups in total. The predicted octanol–water partition coefficient (Wildman–Crippen LogP) is 5.04. The number of fused-ring (bicyclic) bond motifs is 1. The minimum Gasteiger partial charge on any atom is -0.444 e. The molecule has 0 bridgehead atoms. The average Bonchev–Trinajstić information content (AvgIpc) is 2.90. The van der Waals surface area contributed by atoms with Crippen molar-refractivity contribution >= 4 is 38.6 Å². The zero-order valence-electron chi connectivity index (χ0n) is 16.3. The van der Waals surface area contributed by atoms with Crippen LogP contribution in [0.5, 0.6) is 0 Å². The van der Waals surface area contributed by atoms with Crippen LogP contribution in [0.3, 0.4) is 0 Å². The number of nitrogens with zero attached hydrogens (tertiary/aromatic N) is 3. The Labute approximate surface area is 164 Å². The summed E-state index contributed by atoms with van der Waals surface area (Å²) in [5, 5.41) is 1.23. The van der Waals surface area contributed by atoms with Gasteiger partial charge >= 0.3 is 6.09 Å². The Hall–Kier alpha value is -1.69. The molecule has 1 aliphatic rings. The normalized spacial score (nSPS) is 15.8. The number of carbonyl (C=O) groups is 1. The smallest absolute Gasteiger partial charge is 0.410 e. The van der Waals surface area contributed by atoms with Crippen molar-refractivity contribution in [2.24, 2.45) is 0 Å². The van der Waals surface area contributed by atoms with Crippen LogP contribution in [0.1, 0.15) is 40.7 Å². The van der Waals surface area contributed by atoms with Crippen LogP contribution in [0.2, 0.25) is 0 Å². The Morgan fingerprint density at radius 3 is 2.38 bits per heavy atom. The van der Waals surface area contributed by atoms with E-state index in [2.05, 4.69) is 63.6 Å². The molecule has 0 aliphatic carbocycles. The van der Waals surface area contributed by atoms with Gasteiger partial charge in [0.15, 0.2) is 0 Å². The van der Waals surface area contributed by atoms with Crippen LogP contribution in [0.15, 0.2) is 28.9 Å². The van der Waals surface area contributed by atoms with Crippen LogP contribution in [-0.2, 0) is 4.74 Å². The highest BCUT2D eigenvalue weighted by Gasteiger charge is 2.26. The van der Waals surface area contributed by atoms with Crippen molar-refractivity contribution in [3.05, 3.63) is 28.9 Å². The molecule has 0 unspecified atom stereocenters. The lowest BCUT2D eigenvalue weighted by Crippen LogP contribution is -2.50. The maximum atomic E-state index is 12.2. The lowest BCUT2D eigenvalue weighted by Gasteiger charge is -2.36. The van der Waals surface area contributed by atoms with Gasteiger partial charge < -0.3 is 19.1 Å². The molecular weight excluding hydrogens is 394 g/mol. The number of aromatic nitrogens is 1. The van der Waals surface area contributed by atoms with Crippen LogP contribution in [0, 0.1) is 0 Å². The second kappa shape index (κ2) is 7.14. The summed E-state index contributed by atoms with van der Waals surface area (Å²) in [6.07, 6.45) is 1.93. The molecule has 1 aliphatic heterocycles. The first-order valence-corrected chi connectivity index (χ1v) is 9.98. The van der Waals surface area contributed by atoms with Gasteiger partial charge in [-0.1, -0.05) is 0 Å². The third-order valence-electron chi connectivity index (χ3n) is 4.62. The lowest BCUT2D eigenvalue weighted by atomic mass is 10.2. The van der Waals surface area contributed by atoms with Crippen LogP contribution in [0.25, 0.3) is 10.9 Å². The number of ether oxygens (including phenoxy) is 1. The third kappa shape index (κ3) is 4.00. The van der Waals surface area contributed by atoms with Crippen LogP contribution in [0.4, 0.5) is 10.5 Å². The molecule has 0 spiro atoms. The molecule has 142 valence electrons. The van der Waals surface area contributed by atoms with Crippen molar-refractivity contribution in [3.63, 3.8) is 0 Å². The number of piperazine rings is 1. The number of halogens is 1. The van der Waals surface area contributed by atoms with Crippen LogP contribution < -0.4 is 4.90 Å². The molecule has 1 saturated heterocycles. The standard InChI is InChI=1S/C20H28BrN3O2/c1-14(2)24-13-17(21)16-12-15(6-7-18(16)24)22-8-10-23(11-9-22)19(25)26-20(3,4)5/h6-7,12-14H,8-11H2,1-5H3. The maximum Gasteiger partial charge on any atom is 0.410 e. The molecule has 2 heterocycles. The summed E-state index contributed by atoms with van der Waals surface area (Å²) in [6, 6.07) is 7.03. The van der Waals surface area contributed by atoms with Crippen LogP contribution >= 0.6 is 15.9 Å². The Bertz CT molecular complexity index is 799. The molecule has 26 heavy (non-hydrogen) atoms. The van der Waals surface area contributed by atoms with Gasteiger partial charge in [-0.2, -0.15) is 0 Å². The van der Waals surface area contributed by atoms with Gasteiger partial charge in [0.25, 0.3) is 0 Å². The van der Waals surface area contributed by atoms with Gasteiger partial charge in [-0.15, -0.1) is 0 Å². The monoisotopic (exact) mass is 421 g/mol. The summed E-state index contributed by atoms with van der Waals surface area (Å²) in [7, 11) is 0. The quantitative estimate of drug-likeness (QED) is 0.681. The van der Waals surface area contributed by atoms with Gasteiger partial charge in [-0.05, 0) is 68.7 Å². The van der Waals surface area contributed by atoms with Crippen molar-refractivity contribution < 1.29 is 9.53 Å². The minimum absolute atomic E-state index is 0.218. The number of hydrogen-bond donors (Lipinski definition) is 0. The second-order valence-corrected chi connectivity index (χ2v) is 8.99. The highest BCUT2D eigenvalue weighted by Crippen LogP contribution is 2.32. The van der Waals surface area contributed by atoms with Gasteiger partial charge in [-0.25, -0.2) is 4.79 Å². The number of amides is 1. The molecule has 5 nitrogen and oxygen atoms in total. The summed E-state index contributed by atoms with van der Waals surface area (Å²) in [5.41, 5.74) is 1.99. The molecule has 1 aromatic carbocycles. The van der Waals surface area contributed by atoms with E-state index in [0.717, 1.165) is 17.6 Å². The van der Waals surface area contributed by atoms with E-state index in [-0.39, 0.29) is 6.09 Å². The van der Waals surface area contributed by atoms with E-state index in [1.165, 1.54) is 16.6 Å². The van der Waals surface area contributed by atoms with Crippen molar-refractivity contribution in [2.75, 3.05) is 31.1 Å². The number of anilines is 1. The lowest BCUT2D eigenvalue weighted by molar-refractivity contribution is 0.0240. The molecule has 2 aromatic rings. The van der Waals surface area contributed by atoms with Crippen molar-refractivity contribution in [1.82, 2.24) is 9.47 Å². The highest BCUT2D eigenvalue weighted by molar-refractivity contribution is 9.10. The third-order valence-corrected chi connectivity index (χ3v) is 5.25. The van der Waals surface area contributed by atoms with Gasteiger partial charge in [0.2, 0.25) is 0 Å². The average molecular weight is 422 g/mol. The number of benzene rings is 1. The van der Waals surface area contributed by atoms with E-state index in [1.54, 1.807) is 4.90 Å². The zero-order valence-corrected chi connectivity index (χ0v) is 17.8. The van der Waals surface area contributed by atoms with Crippen molar-refractivity contribution in [3.8, 4) is 0 Å². The number of carbonyl (C=O) groups excluding carboxylic acids is 1. The fourth-order valence-corrected chi connectivity index (χ4v) is 3.84. The minimum atomic E-state index is -0.449. The molecule has 1 fully saturated rings.